The van der Waals surface area contributed by atoms with Gasteiger partial charge in [-0.1, -0.05) is 11.8 Å². The summed E-state index contributed by atoms with van der Waals surface area (Å²) in [5.74, 6) is 5.85. The van der Waals surface area contributed by atoms with Crippen molar-refractivity contribution in [1.82, 2.24) is 0 Å². The lowest BCUT2D eigenvalue weighted by molar-refractivity contribution is 0.771. The van der Waals surface area contributed by atoms with Crippen molar-refractivity contribution in [2.45, 2.75) is 19.4 Å². The summed E-state index contributed by atoms with van der Waals surface area (Å²) in [5.41, 5.74) is 9.37. The van der Waals surface area contributed by atoms with Crippen LogP contribution in [0.25, 0.3) is 0 Å². The topological polar surface area (TPSA) is 26.0 Å². The van der Waals surface area contributed by atoms with Crippen molar-refractivity contribution < 1.29 is 0 Å². The number of nitrogens with two attached hydrogens (primary N) is 1. The highest BCUT2D eigenvalue weighted by Crippen LogP contribution is 2.02. The highest BCUT2D eigenvalue weighted by Gasteiger charge is 1.92. The van der Waals surface area contributed by atoms with Crippen LogP contribution >= 0.6 is 0 Å². The number of allylic oxidation sites excluding steroid dienone is 1. The zero-order valence-corrected chi connectivity index (χ0v) is 5.44. The van der Waals surface area contributed by atoms with Crippen molar-refractivity contribution in [2.75, 3.05) is 0 Å². The van der Waals surface area contributed by atoms with Crippen molar-refractivity contribution in [1.29, 1.82) is 0 Å². The first kappa shape index (κ1) is 6.16. The molecule has 1 heteroatoms. The normalized spacial score (nSPS) is 15.6. The van der Waals surface area contributed by atoms with Crippen LogP contribution in [-0.4, -0.2) is 6.04 Å². The van der Waals surface area contributed by atoms with Gasteiger partial charge in [0.15, 0.2) is 0 Å². The maximum absolute atomic E-state index is 5.46. The van der Waals surface area contributed by atoms with E-state index in [9.17, 15) is 0 Å². The van der Waals surface area contributed by atoms with Crippen LogP contribution in [0.3, 0.4) is 0 Å². The lowest BCUT2D eigenvalue weighted by atomic mass is 10.2. The van der Waals surface area contributed by atoms with Gasteiger partial charge in [-0.05, 0) is 6.92 Å². The lowest BCUT2D eigenvalue weighted by Gasteiger charge is -1.92. The Morgan fingerprint density at radius 1 is 1.89 bits per heavy atom. The van der Waals surface area contributed by atoms with Gasteiger partial charge in [-0.3, -0.25) is 0 Å². The van der Waals surface area contributed by atoms with Crippen LogP contribution in [0.15, 0.2) is 17.4 Å². The van der Waals surface area contributed by atoms with Crippen LogP contribution in [0.5, 0.6) is 0 Å². The molecule has 1 unspecified atom stereocenters. The third-order valence-electron chi connectivity index (χ3n) is 0.936. The van der Waals surface area contributed by atoms with Gasteiger partial charge >= 0.3 is 0 Å². The van der Waals surface area contributed by atoms with Crippen LogP contribution in [0.2, 0.25) is 0 Å². The monoisotopic (exact) mass is 119 g/mol. The Morgan fingerprint density at radius 3 is 3.00 bits per heavy atom. The molecule has 2 N–H and O–H groups in total. The molecule has 1 aliphatic rings. The minimum absolute atomic E-state index is 0.192. The van der Waals surface area contributed by atoms with E-state index in [1.54, 1.807) is 0 Å². The average Bonchev–Trinajstić information content (AvgIpc) is 2.48. The Balaban J connectivity index is 2.18. The molecule has 1 rings (SSSR count). The summed E-state index contributed by atoms with van der Waals surface area (Å²) in [6, 6.07) is 0.192. The molecule has 9 heavy (non-hydrogen) atoms. The van der Waals surface area contributed by atoms with Crippen LogP contribution < -0.4 is 5.73 Å². The highest BCUT2D eigenvalue weighted by molar-refractivity contribution is 5.47. The molecule has 0 aliphatic heterocycles. The van der Waals surface area contributed by atoms with Gasteiger partial charge in [-0.15, -0.1) is 5.73 Å². The predicted molar refractivity (Wildman–Crippen MR) is 37.6 cm³/mol. The van der Waals surface area contributed by atoms with Crippen LogP contribution in [0, 0.1) is 11.8 Å². The molecule has 0 saturated carbocycles. The minimum atomic E-state index is 0.192. The van der Waals surface area contributed by atoms with Crippen LogP contribution in [-0.2, 0) is 0 Å². The zero-order valence-electron chi connectivity index (χ0n) is 5.44. The Hall–Kier alpha value is -0.960. The van der Waals surface area contributed by atoms with Crippen LogP contribution in [0.4, 0.5) is 0 Å². The molecule has 0 radical (unpaired) electrons. The predicted octanol–water partition coefficient (Wildman–Crippen LogP) is 0.822. The molecule has 0 aromatic heterocycles. The van der Waals surface area contributed by atoms with Gasteiger partial charge in [-0.2, -0.15) is 0 Å². The molecule has 0 aromatic carbocycles. The Morgan fingerprint density at radius 2 is 2.56 bits per heavy atom. The van der Waals surface area contributed by atoms with Gasteiger partial charge in [0, 0.05) is 18.5 Å². The van der Waals surface area contributed by atoms with Crippen LogP contribution in [0.1, 0.15) is 13.3 Å². The largest absolute Gasteiger partial charge is 0.327 e. The summed E-state index contributed by atoms with van der Waals surface area (Å²) < 4.78 is 0. The second-order valence-electron chi connectivity index (χ2n) is 2.19. The van der Waals surface area contributed by atoms with E-state index in [0.29, 0.717) is 0 Å². The fraction of sp³-hybridized carbons (Fsp3) is 0.375. The molecule has 0 spiro atoms. The van der Waals surface area contributed by atoms with Crippen molar-refractivity contribution in [3.05, 3.63) is 17.4 Å². The Bertz CT molecular complexity index is 219. The smallest absolute Gasteiger partial charge is 0.0741 e. The maximum atomic E-state index is 5.46. The van der Waals surface area contributed by atoms with Gasteiger partial charge < -0.3 is 5.73 Å². The van der Waals surface area contributed by atoms with E-state index < -0.39 is 0 Å². The molecule has 0 fully saturated rings. The molecule has 0 amide bonds. The van der Waals surface area contributed by atoms with Gasteiger partial charge in [0.1, 0.15) is 0 Å². The van der Waals surface area contributed by atoms with E-state index in [-0.39, 0.29) is 6.04 Å². The Labute approximate surface area is 55.2 Å². The summed E-state index contributed by atoms with van der Waals surface area (Å²) in [7, 11) is 0. The van der Waals surface area contributed by atoms with E-state index in [1.165, 1.54) is 0 Å². The molecule has 0 aromatic rings. The average molecular weight is 119 g/mol. The van der Waals surface area contributed by atoms with Crippen molar-refractivity contribution in [2.24, 2.45) is 5.73 Å². The maximum Gasteiger partial charge on any atom is 0.0741 e. The molecule has 1 nitrogen and oxygen atoms in total. The fourth-order valence-electron chi connectivity index (χ4n) is 0.415. The van der Waals surface area contributed by atoms with E-state index in [4.69, 9.17) is 5.73 Å². The minimum Gasteiger partial charge on any atom is -0.327 e. The van der Waals surface area contributed by atoms with E-state index in [0.717, 1.165) is 12.0 Å². The van der Waals surface area contributed by atoms with E-state index in [1.807, 2.05) is 13.0 Å². The van der Waals surface area contributed by atoms with E-state index in [2.05, 4.69) is 17.6 Å². The zero-order chi connectivity index (χ0) is 6.69. The summed E-state index contributed by atoms with van der Waals surface area (Å²) in [6.07, 6.45) is 2.65. The van der Waals surface area contributed by atoms with Crippen molar-refractivity contribution >= 4 is 0 Å². The second kappa shape index (κ2) is 2.55. The van der Waals surface area contributed by atoms with Gasteiger partial charge in [-0.25, -0.2) is 0 Å². The summed E-state index contributed by atoms with van der Waals surface area (Å²) in [5, 5.41) is 0. The molecule has 0 heterocycles. The summed E-state index contributed by atoms with van der Waals surface area (Å²) in [4.78, 5) is 0. The van der Waals surface area contributed by atoms with Gasteiger partial charge in [0.2, 0.25) is 0 Å². The second-order valence-corrected chi connectivity index (χ2v) is 2.19. The molecule has 0 bridgehead atoms. The first-order valence-electron chi connectivity index (χ1n) is 3.00. The lowest BCUT2D eigenvalue weighted by Crippen LogP contribution is -2.12. The standard InChI is InChI=1S/C8H9N/c1-7(9)3-2-4-8-5-6-8/h5,7H,3,9H2,1H3. The third kappa shape index (κ3) is 2.77. The van der Waals surface area contributed by atoms with Crippen molar-refractivity contribution in [3.63, 3.8) is 0 Å². The fourth-order valence-corrected chi connectivity index (χ4v) is 0.415. The SMILES string of the molecule is CC(N)CC#CC1=C=C1. The third-order valence-corrected chi connectivity index (χ3v) is 0.936. The van der Waals surface area contributed by atoms with Gasteiger partial charge in [0.25, 0.3) is 0 Å². The molecule has 46 valence electrons. The molecule has 0 saturated heterocycles. The molecular formula is C8H9N. The number of rotatable bonds is 1. The first-order chi connectivity index (χ1) is 4.29. The Kier molecular flexibility index (Phi) is 1.75. The number of hydrogen-bond donors (Lipinski definition) is 1. The highest BCUT2D eigenvalue weighted by atomic mass is 14.6. The quantitative estimate of drug-likeness (QED) is 0.401. The summed E-state index contributed by atoms with van der Waals surface area (Å²) in [6.45, 7) is 1.95. The van der Waals surface area contributed by atoms with Crippen molar-refractivity contribution in [3.8, 4) is 11.8 Å². The molecule has 1 aliphatic carbocycles. The molecule has 1 atom stereocenters. The summed E-state index contributed by atoms with van der Waals surface area (Å²) >= 11 is 0. The number of hydrogen-bond acceptors (Lipinski definition) is 1. The first-order valence-corrected chi connectivity index (χ1v) is 3.00. The van der Waals surface area contributed by atoms with Gasteiger partial charge in [0.05, 0.1) is 5.57 Å². The van der Waals surface area contributed by atoms with E-state index >= 15 is 0 Å². The molecular weight excluding hydrogens is 110 g/mol.